The van der Waals surface area contributed by atoms with Gasteiger partial charge in [-0.2, -0.15) is 0 Å². The van der Waals surface area contributed by atoms with Gasteiger partial charge in [-0.1, -0.05) is 30.3 Å². The normalized spacial score (nSPS) is 18.1. The van der Waals surface area contributed by atoms with Crippen LogP contribution >= 0.6 is 0 Å². The zero-order chi connectivity index (χ0) is 17.8. The van der Waals surface area contributed by atoms with Gasteiger partial charge in [0, 0.05) is 24.7 Å². The minimum atomic E-state index is 0.246. The Bertz CT molecular complexity index is 866. The van der Waals surface area contributed by atoms with Crippen LogP contribution in [0.25, 0.3) is 10.8 Å². The molecule has 0 amide bonds. The summed E-state index contributed by atoms with van der Waals surface area (Å²) in [5.74, 6) is 1.48. The number of hydrogen-bond acceptors (Lipinski definition) is 4. The van der Waals surface area contributed by atoms with Crippen molar-refractivity contribution in [3.63, 3.8) is 0 Å². The predicted molar refractivity (Wildman–Crippen MR) is 106 cm³/mol. The van der Waals surface area contributed by atoms with Crippen molar-refractivity contribution in [1.29, 1.82) is 0 Å². The van der Waals surface area contributed by atoms with E-state index in [9.17, 15) is 0 Å². The van der Waals surface area contributed by atoms with Gasteiger partial charge in [-0.3, -0.25) is 4.90 Å². The molecule has 2 aromatic carbocycles. The van der Waals surface area contributed by atoms with Crippen LogP contribution < -0.4 is 10.5 Å². The molecule has 0 radical (unpaired) electrons. The average Bonchev–Trinajstić information content (AvgIpc) is 2.68. The third-order valence-corrected chi connectivity index (χ3v) is 5.09. The van der Waals surface area contributed by atoms with Gasteiger partial charge in [0.25, 0.3) is 0 Å². The van der Waals surface area contributed by atoms with Crippen molar-refractivity contribution >= 4 is 16.6 Å². The Hall–Kier alpha value is -2.59. The molecule has 0 aliphatic carbocycles. The summed E-state index contributed by atoms with van der Waals surface area (Å²) in [6, 6.07) is 18.7. The summed E-state index contributed by atoms with van der Waals surface area (Å²) in [6.07, 6.45) is 5.38. The van der Waals surface area contributed by atoms with Crippen molar-refractivity contribution in [3.8, 4) is 5.75 Å². The van der Waals surface area contributed by atoms with Crippen LogP contribution in [-0.4, -0.2) is 35.6 Å². The summed E-state index contributed by atoms with van der Waals surface area (Å²) in [5, 5.41) is 2.06. The highest BCUT2D eigenvalue weighted by atomic mass is 16.5. The molecule has 1 aliphatic rings. The van der Waals surface area contributed by atoms with Gasteiger partial charge < -0.3 is 10.5 Å². The van der Waals surface area contributed by atoms with Crippen molar-refractivity contribution in [3.05, 3.63) is 66.4 Å². The lowest BCUT2D eigenvalue weighted by Gasteiger charge is -2.33. The van der Waals surface area contributed by atoms with Crippen LogP contribution in [0.4, 0.5) is 5.82 Å². The molecule has 0 unspecified atom stereocenters. The third-order valence-electron chi connectivity index (χ3n) is 5.09. The van der Waals surface area contributed by atoms with E-state index in [1.54, 1.807) is 6.20 Å². The molecule has 4 rings (SSSR count). The Labute approximate surface area is 154 Å². The molecule has 1 aliphatic heterocycles. The molecule has 1 atom stereocenters. The van der Waals surface area contributed by atoms with E-state index in [0.29, 0.717) is 5.82 Å². The van der Waals surface area contributed by atoms with Crippen LogP contribution in [0.5, 0.6) is 5.75 Å². The van der Waals surface area contributed by atoms with Crippen molar-refractivity contribution in [2.75, 3.05) is 25.4 Å². The van der Waals surface area contributed by atoms with E-state index in [2.05, 4.69) is 46.3 Å². The molecule has 4 nitrogen and oxygen atoms in total. The van der Waals surface area contributed by atoms with Crippen LogP contribution in [0.15, 0.2) is 60.8 Å². The van der Waals surface area contributed by atoms with Crippen LogP contribution in [-0.2, 0) is 6.42 Å². The number of nitrogen functional groups attached to an aromatic ring is 1. The van der Waals surface area contributed by atoms with Gasteiger partial charge in [0.2, 0.25) is 0 Å². The highest BCUT2D eigenvalue weighted by molar-refractivity contribution is 5.91. The van der Waals surface area contributed by atoms with Crippen molar-refractivity contribution in [2.45, 2.75) is 25.4 Å². The molecular weight excluding hydrogens is 322 g/mol. The molecule has 3 aromatic rings. The summed E-state index contributed by atoms with van der Waals surface area (Å²) < 4.78 is 6.28. The first kappa shape index (κ1) is 16.9. The van der Waals surface area contributed by atoms with Crippen LogP contribution in [0.1, 0.15) is 18.4 Å². The van der Waals surface area contributed by atoms with Crippen molar-refractivity contribution in [1.82, 2.24) is 9.88 Å². The van der Waals surface area contributed by atoms with E-state index in [1.165, 1.54) is 12.0 Å². The quantitative estimate of drug-likeness (QED) is 0.760. The second-order valence-corrected chi connectivity index (χ2v) is 7.00. The highest BCUT2D eigenvalue weighted by Gasteiger charge is 2.21. The monoisotopic (exact) mass is 347 g/mol. The molecule has 2 heterocycles. The number of pyridine rings is 1. The molecule has 1 saturated heterocycles. The molecule has 4 heteroatoms. The number of benzene rings is 2. The van der Waals surface area contributed by atoms with Gasteiger partial charge in [-0.25, -0.2) is 4.98 Å². The molecule has 26 heavy (non-hydrogen) atoms. The summed E-state index contributed by atoms with van der Waals surface area (Å²) in [4.78, 5) is 6.66. The summed E-state index contributed by atoms with van der Waals surface area (Å²) >= 11 is 0. The number of nitrogens with zero attached hydrogens (tertiary/aromatic N) is 2. The fourth-order valence-electron chi connectivity index (χ4n) is 3.69. The minimum Gasteiger partial charge on any atom is -0.489 e. The Balaban J connectivity index is 1.37. The van der Waals surface area contributed by atoms with Gasteiger partial charge in [-0.05, 0) is 61.0 Å². The van der Waals surface area contributed by atoms with Crippen LogP contribution in [0, 0.1) is 0 Å². The largest absolute Gasteiger partial charge is 0.489 e. The second-order valence-electron chi connectivity index (χ2n) is 7.00. The Morgan fingerprint density at radius 3 is 2.88 bits per heavy atom. The molecule has 134 valence electrons. The first-order chi connectivity index (χ1) is 12.8. The molecule has 2 N–H and O–H groups in total. The summed E-state index contributed by atoms with van der Waals surface area (Å²) in [6.45, 7) is 3.24. The molecule has 0 bridgehead atoms. The number of piperidine rings is 1. The number of ether oxygens (including phenoxy) is 1. The first-order valence-corrected chi connectivity index (χ1v) is 9.35. The standard InChI is InChI=1S/C22H25N3O/c23-22-21-9-8-19(15-18(21)10-12-24-22)26-20-7-4-13-25(16-20)14-11-17-5-2-1-3-6-17/h1-3,5-6,8-10,12,15,20H,4,7,11,13-14,16H2,(H2,23,24)/t20-/m0/s1. The maximum atomic E-state index is 6.28. The van der Waals surface area contributed by atoms with E-state index in [1.807, 2.05) is 18.2 Å². The maximum Gasteiger partial charge on any atom is 0.131 e. The lowest BCUT2D eigenvalue weighted by molar-refractivity contribution is 0.0894. The van der Waals surface area contributed by atoms with Gasteiger partial charge in [0.15, 0.2) is 0 Å². The number of hydrogen-bond donors (Lipinski definition) is 1. The fraction of sp³-hybridized carbons (Fsp3) is 0.318. The zero-order valence-electron chi connectivity index (χ0n) is 15.0. The number of aromatic nitrogens is 1. The summed E-state index contributed by atoms with van der Waals surface area (Å²) in [5.41, 5.74) is 7.33. The molecule has 1 fully saturated rings. The number of rotatable bonds is 5. The van der Waals surface area contributed by atoms with Crippen molar-refractivity contribution in [2.24, 2.45) is 0 Å². The minimum absolute atomic E-state index is 0.246. The van der Waals surface area contributed by atoms with Gasteiger partial charge in [0.05, 0.1) is 0 Å². The maximum absolute atomic E-state index is 6.28. The zero-order valence-corrected chi connectivity index (χ0v) is 15.0. The molecule has 0 spiro atoms. The SMILES string of the molecule is Nc1nccc2cc(O[C@H]3CCCN(CCc4ccccc4)C3)ccc12. The van der Waals surface area contributed by atoms with E-state index >= 15 is 0 Å². The number of likely N-dealkylation sites (tertiary alicyclic amines) is 1. The van der Waals surface area contributed by atoms with E-state index in [-0.39, 0.29) is 6.10 Å². The first-order valence-electron chi connectivity index (χ1n) is 9.35. The summed E-state index contributed by atoms with van der Waals surface area (Å²) in [7, 11) is 0. The predicted octanol–water partition coefficient (Wildman–Crippen LogP) is 3.90. The smallest absolute Gasteiger partial charge is 0.131 e. The van der Waals surface area contributed by atoms with Crippen molar-refractivity contribution < 1.29 is 4.74 Å². The van der Waals surface area contributed by atoms with Gasteiger partial charge in [0.1, 0.15) is 17.7 Å². The third kappa shape index (κ3) is 3.97. The van der Waals surface area contributed by atoms with E-state index in [0.717, 1.165) is 49.0 Å². The molecule has 1 aromatic heterocycles. The van der Waals surface area contributed by atoms with Crippen LogP contribution in [0.3, 0.4) is 0 Å². The fourth-order valence-corrected chi connectivity index (χ4v) is 3.69. The number of fused-ring (bicyclic) bond motifs is 1. The van der Waals surface area contributed by atoms with Gasteiger partial charge in [-0.15, -0.1) is 0 Å². The number of nitrogens with two attached hydrogens (primary N) is 1. The lowest BCUT2D eigenvalue weighted by Crippen LogP contribution is -2.42. The lowest BCUT2D eigenvalue weighted by atomic mass is 10.1. The van der Waals surface area contributed by atoms with Gasteiger partial charge >= 0.3 is 0 Å². The molecular formula is C22H25N3O. The Morgan fingerprint density at radius 1 is 1.12 bits per heavy atom. The van der Waals surface area contributed by atoms with Crippen LogP contribution in [0.2, 0.25) is 0 Å². The Morgan fingerprint density at radius 2 is 2.00 bits per heavy atom. The average molecular weight is 347 g/mol. The second kappa shape index (κ2) is 7.75. The number of anilines is 1. The Kier molecular flexibility index (Phi) is 5.02. The topological polar surface area (TPSA) is 51.4 Å². The van der Waals surface area contributed by atoms with E-state index in [4.69, 9.17) is 10.5 Å². The van der Waals surface area contributed by atoms with E-state index < -0.39 is 0 Å². The highest BCUT2D eigenvalue weighted by Crippen LogP contribution is 2.26. The molecule has 0 saturated carbocycles.